The maximum Gasteiger partial charge on any atom is 0.267 e. The Bertz CT molecular complexity index is 761. The molecule has 0 bridgehead atoms. The van der Waals surface area contributed by atoms with Gasteiger partial charge in [0.2, 0.25) is 6.79 Å². The number of benzene rings is 1. The largest absolute Gasteiger partial charge is 0.454 e. The number of fused-ring (bicyclic) bond motifs is 1. The number of carbonyl (C=O) groups excluding carboxylic acids is 1. The number of nitrogens with zero attached hydrogens (tertiary/aromatic N) is 3. The third kappa shape index (κ3) is 2.73. The van der Waals surface area contributed by atoms with Crippen LogP contribution in [0.2, 0.25) is 0 Å². The minimum Gasteiger partial charge on any atom is -0.454 e. The fourth-order valence-corrected chi connectivity index (χ4v) is 3.98. The Hall–Kier alpha value is -2.15. The van der Waals surface area contributed by atoms with Gasteiger partial charge >= 0.3 is 0 Å². The van der Waals surface area contributed by atoms with E-state index in [1.165, 1.54) is 17.1 Å². The summed E-state index contributed by atoms with van der Waals surface area (Å²) in [6.45, 7) is 3.86. The lowest BCUT2D eigenvalue weighted by Crippen LogP contribution is -2.28. The maximum atomic E-state index is 12.8. The molecule has 6 nitrogen and oxygen atoms in total. The Morgan fingerprint density at radius 3 is 3.12 bits per heavy atom. The van der Waals surface area contributed by atoms with Gasteiger partial charge in [-0.25, -0.2) is 0 Å². The van der Waals surface area contributed by atoms with Crippen LogP contribution < -0.4 is 9.47 Å². The van der Waals surface area contributed by atoms with Crippen molar-refractivity contribution in [3.05, 3.63) is 34.3 Å². The highest BCUT2D eigenvalue weighted by atomic mass is 32.1. The normalized spacial score (nSPS) is 19.0. The van der Waals surface area contributed by atoms with E-state index >= 15 is 0 Å². The number of carbonyl (C=O) groups is 1. The average molecular weight is 345 g/mol. The van der Waals surface area contributed by atoms with Crippen molar-refractivity contribution in [3.8, 4) is 11.5 Å². The van der Waals surface area contributed by atoms with E-state index in [0.717, 1.165) is 49.5 Å². The Balaban J connectivity index is 1.48. The fraction of sp³-hybridized carbons (Fsp3) is 0.471. The standard InChI is InChI=1S/C17H19N3O3S/c1-2-3-13-16(24-19-18-13)17(21)20-7-6-12(9-20)11-4-5-14-15(8-11)23-10-22-14/h4-5,8,12H,2-3,6-7,9-10H2,1H3. The van der Waals surface area contributed by atoms with E-state index in [2.05, 4.69) is 22.6 Å². The van der Waals surface area contributed by atoms with E-state index in [-0.39, 0.29) is 12.7 Å². The van der Waals surface area contributed by atoms with Crippen LogP contribution in [0.1, 0.15) is 46.6 Å². The van der Waals surface area contributed by atoms with E-state index in [4.69, 9.17) is 9.47 Å². The number of ether oxygens (including phenoxy) is 2. The summed E-state index contributed by atoms with van der Waals surface area (Å²) in [7, 11) is 0. The molecule has 0 saturated carbocycles. The molecule has 0 radical (unpaired) electrons. The lowest BCUT2D eigenvalue weighted by Gasteiger charge is -2.16. The third-order valence-corrected chi connectivity index (χ3v) is 5.34. The molecule has 3 heterocycles. The van der Waals surface area contributed by atoms with Crippen molar-refractivity contribution in [1.82, 2.24) is 14.5 Å². The number of hydrogen-bond acceptors (Lipinski definition) is 6. The first-order valence-electron chi connectivity index (χ1n) is 8.26. The summed E-state index contributed by atoms with van der Waals surface area (Å²) in [5.74, 6) is 1.99. The minimum absolute atomic E-state index is 0.0664. The molecular weight excluding hydrogens is 326 g/mol. The van der Waals surface area contributed by atoms with Crippen molar-refractivity contribution in [2.45, 2.75) is 32.1 Å². The predicted molar refractivity (Wildman–Crippen MR) is 89.7 cm³/mol. The van der Waals surface area contributed by atoms with Gasteiger partial charge < -0.3 is 14.4 Å². The van der Waals surface area contributed by atoms with Gasteiger partial charge in [0.15, 0.2) is 11.5 Å². The van der Waals surface area contributed by atoms with Crippen LogP contribution in [0.25, 0.3) is 0 Å². The number of aryl methyl sites for hydroxylation is 1. The summed E-state index contributed by atoms with van der Waals surface area (Å²) in [6.07, 6.45) is 2.73. The molecule has 0 aliphatic carbocycles. The van der Waals surface area contributed by atoms with Crippen LogP contribution in [0, 0.1) is 0 Å². The summed E-state index contributed by atoms with van der Waals surface area (Å²) in [6, 6.07) is 6.06. The van der Waals surface area contributed by atoms with E-state index in [1.54, 1.807) is 0 Å². The first kappa shape index (κ1) is 15.4. The molecule has 0 spiro atoms. The molecule has 2 aliphatic heterocycles. The number of amides is 1. The van der Waals surface area contributed by atoms with Gasteiger partial charge in [-0.15, -0.1) is 5.10 Å². The number of aromatic nitrogens is 2. The minimum atomic E-state index is 0.0664. The number of likely N-dealkylation sites (tertiary alicyclic amines) is 1. The van der Waals surface area contributed by atoms with Crippen LogP contribution in [0.4, 0.5) is 0 Å². The van der Waals surface area contributed by atoms with Gasteiger partial charge in [0.05, 0.1) is 5.69 Å². The molecule has 1 aromatic heterocycles. The summed E-state index contributed by atoms with van der Waals surface area (Å²) < 4.78 is 14.8. The van der Waals surface area contributed by atoms with Crippen molar-refractivity contribution in [1.29, 1.82) is 0 Å². The Morgan fingerprint density at radius 1 is 1.38 bits per heavy atom. The van der Waals surface area contributed by atoms with Gasteiger partial charge in [-0.3, -0.25) is 4.79 Å². The molecule has 1 fully saturated rings. The average Bonchev–Trinajstić information content (AvgIpc) is 3.33. The zero-order chi connectivity index (χ0) is 16.5. The second kappa shape index (κ2) is 6.39. The Kier molecular flexibility index (Phi) is 4.10. The molecule has 4 rings (SSSR count). The molecule has 7 heteroatoms. The molecule has 1 atom stereocenters. The molecule has 126 valence electrons. The van der Waals surface area contributed by atoms with Crippen LogP contribution in [-0.4, -0.2) is 40.3 Å². The predicted octanol–water partition coefficient (Wildman–Crippen LogP) is 2.85. The lowest BCUT2D eigenvalue weighted by molar-refractivity contribution is 0.0794. The highest BCUT2D eigenvalue weighted by molar-refractivity contribution is 7.08. The van der Waals surface area contributed by atoms with Crippen molar-refractivity contribution < 1.29 is 14.3 Å². The second-order valence-electron chi connectivity index (χ2n) is 6.15. The van der Waals surface area contributed by atoms with Crippen LogP contribution in [0.15, 0.2) is 18.2 Å². The molecule has 24 heavy (non-hydrogen) atoms. The SMILES string of the molecule is CCCc1nnsc1C(=O)N1CCC(c2ccc3c(c2)OCO3)C1. The van der Waals surface area contributed by atoms with Crippen LogP contribution >= 0.6 is 11.5 Å². The summed E-state index contributed by atoms with van der Waals surface area (Å²) in [5.41, 5.74) is 2.03. The smallest absolute Gasteiger partial charge is 0.267 e. The van der Waals surface area contributed by atoms with Crippen molar-refractivity contribution in [2.75, 3.05) is 19.9 Å². The maximum absolute atomic E-state index is 12.8. The van der Waals surface area contributed by atoms with Gasteiger partial charge in [0, 0.05) is 19.0 Å². The van der Waals surface area contributed by atoms with Crippen LogP contribution in [0.5, 0.6) is 11.5 Å². The summed E-state index contributed by atoms with van der Waals surface area (Å²) >= 11 is 1.21. The highest BCUT2D eigenvalue weighted by Crippen LogP contribution is 2.37. The third-order valence-electron chi connectivity index (χ3n) is 4.58. The van der Waals surface area contributed by atoms with Crippen molar-refractivity contribution in [2.24, 2.45) is 0 Å². The molecule has 2 aromatic rings. The van der Waals surface area contributed by atoms with Crippen LogP contribution in [0.3, 0.4) is 0 Å². The molecule has 1 amide bonds. The van der Waals surface area contributed by atoms with Gasteiger partial charge in [0.1, 0.15) is 4.88 Å². The molecule has 1 saturated heterocycles. The van der Waals surface area contributed by atoms with Crippen molar-refractivity contribution >= 4 is 17.4 Å². The van der Waals surface area contributed by atoms with E-state index in [9.17, 15) is 4.79 Å². The molecule has 1 unspecified atom stereocenters. The van der Waals surface area contributed by atoms with E-state index < -0.39 is 0 Å². The molecular formula is C17H19N3O3S. The lowest BCUT2D eigenvalue weighted by atomic mass is 9.98. The first-order chi connectivity index (χ1) is 11.8. The molecule has 0 N–H and O–H groups in total. The zero-order valence-electron chi connectivity index (χ0n) is 13.5. The highest BCUT2D eigenvalue weighted by Gasteiger charge is 2.31. The molecule has 1 aromatic carbocycles. The monoisotopic (exact) mass is 345 g/mol. The Labute approximate surface area is 144 Å². The quantitative estimate of drug-likeness (QED) is 0.852. The zero-order valence-corrected chi connectivity index (χ0v) is 14.3. The second-order valence-corrected chi connectivity index (χ2v) is 6.90. The van der Waals surface area contributed by atoms with Crippen molar-refractivity contribution in [3.63, 3.8) is 0 Å². The summed E-state index contributed by atoms with van der Waals surface area (Å²) in [4.78, 5) is 15.4. The van der Waals surface area contributed by atoms with Gasteiger partial charge in [-0.1, -0.05) is 23.9 Å². The molecule has 2 aliphatic rings. The van der Waals surface area contributed by atoms with Crippen LogP contribution in [-0.2, 0) is 6.42 Å². The first-order valence-corrected chi connectivity index (χ1v) is 9.03. The number of hydrogen-bond donors (Lipinski definition) is 0. The fourth-order valence-electron chi connectivity index (χ4n) is 3.30. The van der Waals surface area contributed by atoms with Gasteiger partial charge in [-0.2, -0.15) is 0 Å². The Morgan fingerprint density at radius 2 is 2.25 bits per heavy atom. The topological polar surface area (TPSA) is 64.6 Å². The summed E-state index contributed by atoms with van der Waals surface area (Å²) in [5, 5.41) is 4.11. The van der Waals surface area contributed by atoms with E-state index in [1.807, 2.05) is 17.0 Å². The number of rotatable bonds is 4. The van der Waals surface area contributed by atoms with Gasteiger partial charge in [-0.05, 0) is 42.1 Å². The van der Waals surface area contributed by atoms with Gasteiger partial charge in [0.25, 0.3) is 5.91 Å². The van der Waals surface area contributed by atoms with E-state index in [0.29, 0.717) is 10.8 Å².